The lowest BCUT2D eigenvalue weighted by Gasteiger charge is -2.38. The van der Waals surface area contributed by atoms with Crippen molar-refractivity contribution in [1.29, 1.82) is 0 Å². The summed E-state index contributed by atoms with van der Waals surface area (Å²) in [6, 6.07) is 15.6. The van der Waals surface area contributed by atoms with Crippen molar-refractivity contribution in [1.82, 2.24) is 19.2 Å². The highest BCUT2D eigenvalue weighted by molar-refractivity contribution is 7.89. The van der Waals surface area contributed by atoms with Gasteiger partial charge >= 0.3 is 0 Å². The first-order chi connectivity index (χ1) is 18.8. The van der Waals surface area contributed by atoms with Crippen LogP contribution < -0.4 is 5.56 Å². The van der Waals surface area contributed by atoms with Gasteiger partial charge in [0.05, 0.1) is 22.7 Å². The van der Waals surface area contributed by atoms with E-state index in [0.717, 1.165) is 30.5 Å². The number of sulfonamides is 1. The van der Waals surface area contributed by atoms with Crippen LogP contribution >= 0.6 is 11.6 Å². The van der Waals surface area contributed by atoms with Gasteiger partial charge < -0.3 is 9.88 Å². The van der Waals surface area contributed by atoms with Crippen molar-refractivity contribution >= 4 is 27.5 Å². The van der Waals surface area contributed by atoms with Gasteiger partial charge in [0.15, 0.2) is 0 Å². The molecular formula is C29H33ClN4O4S. The molecule has 2 aliphatic heterocycles. The molecule has 0 aliphatic carbocycles. The van der Waals surface area contributed by atoms with Crippen LogP contribution in [0.4, 0.5) is 0 Å². The monoisotopic (exact) mass is 568 g/mol. The summed E-state index contributed by atoms with van der Waals surface area (Å²) in [5.41, 5.74) is 1.86. The highest BCUT2D eigenvalue weighted by Gasteiger charge is 2.37. The number of nitrogens with one attached hydrogen (secondary N) is 1. The topological polar surface area (TPSA) is 103 Å². The lowest BCUT2D eigenvalue weighted by molar-refractivity contribution is -0.138. The molecule has 0 spiro atoms. The minimum atomic E-state index is -3.58. The van der Waals surface area contributed by atoms with Gasteiger partial charge in [-0.25, -0.2) is 13.4 Å². The van der Waals surface area contributed by atoms with Gasteiger partial charge in [0.2, 0.25) is 15.9 Å². The van der Waals surface area contributed by atoms with E-state index in [9.17, 15) is 18.0 Å². The van der Waals surface area contributed by atoms with Crippen molar-refractivity contribution in [2.45, 2.75) is 56.4 Å². The van der Waals surface area contributed by atoms with E-state index in [4.69, 9.17) is 16.6 Å². The van der Waals surface area contributed by atoms with Crippen LogP contribution in [0, 0.1) is 5.92 Å². The molecule has 0 bridgehead atoms. The molecule has 206 valence electrons. The minimum Gasteiger partial charge on any atom is -0.337 e. The number of unbranched alkanes of at least 4 members (excludes halogenated alkanes) is 1. The zero-order chi connectivity index (χ0) is 27.6. The summed E-state index contributed by atoms with van der Waals surface area (Å²) in [5.74, 6) is 0.175. The van der Waals surface area contributed by atoms with Gasteiger partial charge in [-0.1, -0.05) is 49.6 Å². The SMILES string of the molecule is CCCCC1CN(C(=O)C2CCN(S(=O)(=O)c3ccccc3)CC2)Cc2c1nc(-c1ccc(Cl)cc1)[nH]c2=O. The molecule has 1 aromatic heterocycles. The van der Waals surface area contributed by atoms with Crippen molar-refractivity contribution in [2.24, 2.45) is 5.92 Å². The molecular weight excluding hydrogens is 536 g/mol. The molecule has 0 radical (unpaired) electrons. The Morgan fingerprint density at radius 3 is 2.44 bits per heavy atom. The van der Waals surface area contributed by atoms with E-state index in [1.807, 2.05) is 12.1 Å². The van der Waals surface area contributed by atoms with Gasteiger partial charge in [-0.15, -0.1) is 0 Å². The number of H-pyrrole nitrogens is 1. The highest BCUT2D eigenvalue weighted by atomic mass is 35.5. The first kappa shape index (κ1) is 27.6. The van der Waals surface area contributed by atoms with Crippen LogP contribution in [0.2, 0.25) is 5.02 Å². The van der Waals surface area contributed by atoms with Gasteiger partial charge in [-0.05, 0) is 55.7 Å². The maximum atomic E-state index is 13.7. The van der Waals surface area contributed by atoms with Crippen LogP contribution in [0.5, 0.6) is 0 Å². The van der Waals surface area contributed by atoms with Crippen LogP contribution in [0.25, 0.3) is 11.4 Å². The van der Waals surface area contributed by atoms with Crippen molar-refractivity contribution in [3.63, 3.8) is 0 Å². The van der Waals surface area contributed by atoms with Crippen molar-refractivity contribution in [3.8, 4) is 11.4 Å². The average molecular weight is 569 g/mol. The maximum Gasteiger partial charge on any atom is 0.256 e. The first-order valence-corrected chi connectivity index (χ1v) is 15.3. The number of benzene rings is 2. The first-order valence-electron chi connectivity index (χ1n) is 13.5. The third-order valence-corrected chi connectivity index (χ3v) is 9.91. The number of aromatic amines is 1. The van der Waals surface area contributed by atoms with Crippen LogP contribution in [0.1, 0.15) is 56.2 Å². The Balaban J connectivity index is 1.34. The second kappa shape index (κ2) is 11.6. The van der Waals surface area contributed by atoms with Crippen LogP contribution in [-0.4, -0.2) is 53.1 Å². The number of carbonyl (C=O) groups is 1. The third kappa shape index (κ3) is 5.81. The summed E-state index contributed by atoms with van der Waals surface area (Å²) in [5, 5.41) is 0.609. The summed E-state index contributed by atoms with van der Waals surface area (Å²) in [6.45, 7) is 3.43. The Bertz CT molecular complexity index is 1480. The molecule has 1 saturated heterocycles. The predicted molar refractivity (Wildman–Crippen MR) is 151 cm³/mol. The zero-order valence-corrected chi connectivity index (χ0v) is 23.5. The third-order valence-electron chi connectivity index (χ3n) is 7.74. The molecule has 10 heteroatoms. The van der Waals surface area contributed by atoms with E-state index < -0.39 is 10.0 Å². The fourth-order valence-electron chi connectivity index (χ4n) is 5.55. The lowest BCUT2D eigenvalue weighted by Crippen LogP contribution is -2.47. The molecule has 0 saturated carbocycles. The molecule has 1 amide bonds. The number of amides is 1. The van der Waals surface area contributed by atoms with Crippen LogP contribution in [0.15, 0.2) is 64.3 Å². The summed E-state index contributed by atoms with van der Waals surface area (Å²) in [4.78, 5) is 36.7. The number of rotatable bonds is 7. The normalized spacial score (nSPS) is 18.6. The smallest absolute Gasteiger partial charge is 0.256 e. The van der Waals surface area contributed by atoms with Crippen molar-refractivity contribution in [2.75, 3.05) is 19.6 Å². The standard InChI is InChI=1S/C29H33ClN4O4S/c1-2-3-7-22-18-33(19-25-26(22)31-27(32-28(25)35)20-10-12-23(30)13-11-20)29(36)21-14-16-34(17-15-21)39(37,38)24-8-5-4-6-9-24/h4-6,8-13,21-22H,2-3,7,14-19H2,1H3,(H,31,32,35). The van der Waals surface area contributed by atoms with Gasteiger partial charge in [0, 0.05) is 42.1 Å². The second-order valence-electron chi connectivity index (χ2n) is 10.3. The predicted octanol–water partition coefficient (Wildman–Crippen LogP) is 4.81. The van der Waals surface area contributed by atoms with E-state index in [-0.39, 0.29) is 34.7 Å². The number of piperidine rings is 1. The largest absolute Gasteiger partial charge is 0.337 e. The molecule has 8 nitrogen and oxygen atoms in total. The summed E-state index contributed by atoms with van der Waals surface area (Å²) in [7, 11) is -3.58. The molecule has 39 heavy (non-hydrogen) atoms. The van der Waals surface area contributed by atoms with E-state index in [2.05, 4.69) is 11.9 Å². The molecule has 2 aliphatic rings. The lowest BCUT2D eigenvalue weighted by atomic mass is 9.88. The number of nitrogens with zero attached hydrogens (tertiary/aromatic N) is 3. The summed E-state index contributed by atoms with van der Waals surface area (Å²) < 4.78 is 27.5. The van der Waals surface area contributed by atoms with Gasteiger partial charge in [0.1, 0.15) is 5.82 Å². The van der Waals surface area contributed by atoms with Crippen LogP contribution in [0.3, 0.4) is 0 Å². The number of halogens is 1. The zero-order valence-electron chi connectivity index (χ0n) is 22.0. The summed E-state index contributed by atoms with van der Waals surface area (Å²) >= 11 is 6.03. The van der Waals surface area contributed by atoms with Crippen LogP contribution in [-0.2, 0) is 21.4 Å². The van der Waals surface area contributed by atoms with E-state index in [1.54, 1.807) is 47.4 Å². The number of hydrogen-bond acceptors (Lipinski definition) is 5. The van der Waals surface area contributed by atoms with Gasteiger partial charge in [0.25, 0.3) is 5.56 Å². The molecule has 1 atom stereocenters. The Morgan fingerprint density at radius 2 is 1.77 bits per heavy atom. The Labute approximate surface area is 234 Å². The van der Waals surface area contributed by atoms with E-state index in [1.165, 1.54) is 4.31 Å². The fourth-order valence-corrected chi connectivity index (χ4v) is 7.16. The molecule has 1 fully saturated rings. The Hall–Kier alpha value is -3.01. The van der Waals surface area contributed by atoms with E-state index >= 15 is 0 Å². The number of fused-ring (bicyclic) bond motifs is 1. The summed E-state index contributed by atoms with van der Waals surface area (Å²) in [6.07, 6.45) is 3.71. The Morgan fingerprint density at radius 1 is 1.08 bits per heavy atom. The van der Waals surface area contributed by atoms with E-state index in [0.29, 0.717) is 48.9 Å². The van der Waals surface area contributed by atoms with Gasteiger partial charge in [-0.3, -0.25) is 9.59 Å². The molecule has 2 aromatic carbocycles. The maximum absolute atomic E-state index is 13.7. The average Bonchev–Trinajstić information content (AvgIpc) is 2.96. The molecule has 3 heterocycles. The highest BCUT2D eigenvalue weighted by Crippen LogP contribution is 2.33. The van der Waals surface area contributed by atoms with Crippen molar-refractivity contribution < 1.29 is 13.2 Å². The Kier molecular flexibility index (Phi) is 8.21. The molecule has 1 unspecified atom stereocenters. The molecule has 1 N–H and O–H groups in total. The van der Waals surface area contributed by atoms with Gasteiger partial charge in [-0.2, -0.15) is 4.31 Å². The number of aromatic nitrogens is 2. The minimum absolute atomic E-state index is 0.0138. The number of hydrogen-bond donors (Lipinski definition) is 1. The number of carbonyl (C=O) groups excluding carboxylic acids is 1. The fraction of sp³-hybridized carbons (Fsp3) is 0.414. The molecule has 5 rings (SSSR count). The molecule has 3 aromatic rings. The second-order valence-corrected chi connectivity index (χ2v) is 12.7. The quantitative estimate of drug-likeness (QED) is 0.441. The van der Waals surface area contributed by atoms with Crippen molar-refractivity contribution in [3.05, 3.63) is 81.2 Å².